The Hall–Kier alpha value is -2.10. The molecule has 1 amide bonds. The maximum atomic E-state index is 12.5. The molecule has 150 valence electrons. The zero-order chi connectivity index (χ0) is 20.0. The molecule has 2 heterocycles. The topological polar surface area (TPSA) is 88.6 Å². The highest BCUT2D eigenvalue weighted by atomic mass is 32.2. The molecular formula is C19H23N3O4S2. The number of methoxy groups -OCH3 is 1. The minimum Gasteiger partial charge on any atom is -0.497 e. The number of hydrogen-bond acceptors (Lipinski definition) is 6. The van der Waals surface area contributed by atoms with E-state index in [1.165, 1.54) is 22.3 Å². The standard InChI is InChI=1S/C19H23N3O4S2/c1-26-16-6-4-5-15(11-16)12-20-18(23)14-27-19-8-7-17(13-21-19)28(24,25)22-9-2-3-10-22/h4-8,11,13H,2-3,9-10,12,14H2,1H3,(H,20,23). The largest absolute Gasteiger partial charge is 0.497 e. The third kappa shape index (κ3) is 5.24. The van der Waals surface area contributed by atoms with E-state index in [-0.39, 0.29) is 16.6 Å². The van der Waals surface area contributed by atoms with Crippen LogP contribution >= 0.6 is 11.8 Å². The van der Waals surface area contributed by atoms with E-state index in [4.69, 9.17) is 4.74 Å². The second kappa shape index (κ2) is 9.40. The molecule has 0 bridgehead atoms. The molecule has 0 unspecified atom stereocenters. The molecule has 1 aromatic carbocycles. The predicted octanol–water partition coefficient (Wildman–Crippen LogP) is 2.28. The Balaban J connectivity index is 1.49. The van der Waals surface area contributed by atoms with Crippen LogP contribution < -0.4 is 10.1 Å². The molecule has 9 heteroatoms. The fourth-order valence-corrected chi connectivity index (χ4v) is 4.99. The minimum atomic E-state index is -3.46. The van der Waals surface area contributed by atoms with Crippen LogP contribution in [-0.2, 0) is 21.4 Å². The van der Waals surface area contributed by atoms with E-state index in [0.29, 0.717) is 24.7 Å². The average molecular weight is 422 g/mol. The number of nitrogens with zero attached hydrogens (tertiary/aromatic N) is 2. The van der Waals surface area contributed by atoms with Crippen LogP contribution in [0, 0.1) is 0 Å². The second-order valence-corrected chi connectivity index (χ2v) is 9.29. The van der Waals surface area contributed by atoms with Crippen molar-refractivity contribution >= 4 is 27.7 Å². The van der Waals surface area contributed by atoms with Gasteiger partial charge in [0.1, 0.15) is 10.6 Å². The molecule has 7 nitrogen and oxygen atoms in total. The van der Waals surface area contributed by atoms with E-state index in [1.54, 1.807) is 19.2 Å². The normalized spacial score (nSPS) is 14.8. The highest BCUT2D eigenvalue weighted by Crippen LogP contribution is 2.22. The van der Waals surface area contributed by atoms with Crippen LogP contribution in [0.4, 0.5) is 0 Å². The number of thioether (sulfide) groups is 1. The molecule has 1 N–H and O–H groups in total. The van der Waals surface area contributed by atoms with Gasteiger partial charge in [0.05, 0.1) is 17.9 Å². The number of amides is 1. The third-order valence-corrected chi connectivity index (χ3v) is 7.21. The van der Waals surface area contributed by atoms with Gasteiger partial charge < -0.3 is 10.1 Å². The summed E-state index contributed by atoms with van der Waals surface area (Å²) in [6.07, 6.45) is 3.15. The fraction of sp³-hybridized carbons (Fsp3) is 0.368. The van der Waals surface area contributed by atoms with Crippen LogP contribution in [0.3, 0.4) is 0 Å². The molecule has 0 atom stereocenters. The number of nitrogens with one attached hydrogen (secondary N) is 1. The number of sulfonamides is 1. The SMILES string of the molecule is COc1cccc(CNC(=O)CSc2ccc(S(=O)(=O)N3CCCC3)cn2)c1. The zero-order valence-corrected chi connectivity index (χ0v) is 17.3. The lowest BCUT2D eigenvalue weighted by Gasteiger charge is -2.15. The Morgan fingerprint density at radius 3 is 2.71 bits per heavy atom. The molecule has 1 aliphatic heterocycles. The maximum absolute atomic E-state index is 12.5. The highest BCUT2D eigenvalue weighted by Gasteiger charge is 2.27. The predicted molar refractivity (Wildman–Crippen MR) is 108 cm³/mol. The van der Waals surface area contributed by atoms with Gasteiger partial charge in [-0.25, -0.2) is 13.4 Å². The summed E-state index contributed by atoms with van der Waals surface area (Å²) >= 11 is 1.27. The number of carbonyl (C=O) groups is 1. The van der Waals surface area contributed by atoms with Gasteiger partial charge in [-0.2, -0.15) is 4.31 Å². The Labute approximate surface area is 169 Å². The van der Waals surface area contributed by atoms with Gasteiger partial charge in [-0.05, 0) is 42.7 Å². The molecular weight excluding hydrogens is 398 g/mol. The van der Waals surface area contributed by atoms with E-state index in [2.05, 4.69) is 10.3 Å². The van der Waals surface area contributed by atoms with Crippen LogP contribution in [0.1, 0.15) is 18.4 Å². The Morgan fingerprint density at radius 1 is 1.25 bits per heavy atom. The van der Waals surface area contributed by atoms with Crippen LogP contribution in [0.2, 0.25) is 0 Å². The summed E-state index contributed by atoms with van der Waals surface area (Å²) in [5, 5.41) is 3.46. The Kier molecular flexibility index (Phi) is 6.93. The first-order valence-electron chi connectivity index (χ1n) is 8.97. The van der Waals surface area contributed by atoms with Gasteiger partial charge in [0.15, 0.2) is 0 Å². The molecule has 0 spiro atoms. The van der Waals surface area contributed by atoms with Crippen molar-refractivity contribution in [2.75, 3.05) is 26.0 Å². The van der Waals surface area contributed by atoms with E-state index in [0.717, 1.165) is 24.2 Å². The molecule has 1 fully saturated rings. The lowest BCUT2D eigenvalue weighted by atomic mass is 10.2. The summed E-state index contributed by atoms with van der Waals surface area (Å²) in [6, 6.07) is 10.7. The number of pyridine rings is 1. The van der Waals surface area contributed by atoms with Gasteiger partial charge >= 0.3 is 0 Å². The lowest BCUT2D eigenvalue weighted by molar-refractivity contribution is -0.118. The summed E-state index contributed by atoms with van der Waals surface area (Å²) in [5.74, 6) is 0.826. The highest BCUT2D eigenvalue weighted by molar-refractivity contribution is 7.99. The summed E-state index contributed by atoms with van der Waals surface area (Å²) in [4.78, 5) is 16.4. The molecule has 1 saturated heterocycles. The smallest absolute Gasteiger partial charge is 0.244 e. The van der Waals surface area contributed by atoms with Crippen molar-refractivity contribution in [3.8, 4) is 5.75 Å². The van der Waals surface area contributed by atoms with Gasteiger partial charge in [0.25, 0.3) is 0 Å². The summed E-state index contributed by atoms with van der Waals surface area (Å²) in [6.45, 7) is 1.54. The van der Waals surface area contributed by atoms with Crippen LogP contribution in [-0.4, -0.2) is 49.6 Å². The van der Waals surface area contributed by atoms with Crippen molar-refractivity contribution in [3.63, 3.8) is 0 Å². The summed E-state index contributed by atoms with van der Waals surface area (Å²) in [7, 11) is -1.86. The number of rotatable bonds is 8. The molecule has 0 aliphatic carbocycles. The van der Waals surface area contributed by atoms with Crippen LogP contribution in [0.5, 0.6) is 5.75 Å². The van der Waals surface area contributed by atoms with Gasteiger partial charge in [0, 0.05) is 25.8 Å². The quantitative estimate of drug-likeness (QED) is 0.658. The summed E-state index contributed by atoms with van der Waals surface area (Å²) in [5.41, 5.74) is 0.951. The first kappa shape index (κ1) is 20.6. The molecule has 0 saturated carbocycles. The van der Waals surface area contributed by atoms with Crippen LogP contribution in [0.25, 0.3) is 0 Å². The number of ether oxygens (including phenoxy) is 1. The van der Waals surface area contributed by atoms with Crippen molar-refractivity contribution in [3.05, 3.63) is 48.2 Å². The van der Waals surface area contributed by atoms with E-state index >= 15 is 0 Å². The monoisotopic (exact) mass is 421 g/mol. The summed E-state index contributed by atoms with van der Waals surface area (Å²) < 4.78 is 31.6. The van der Waals surface area contributed by atoms with Crippen molar-refractivity contribution in [1.29, 1.82) is 0 Å². The van der Waals surface area contributed by atoms with Gasteiger partial charge in [-0.3, -0.25) is 4.79 Å². The number of hydrogen-bond donors (Lipinski definition) is 1. The second-order valence-electron chi connectivity index (χ2n) is 6.36. The van der Waals surface area contributed by atoms with Crippen molar-refractivity contribution in [2.24, 2.45) is 0 Å². The zero-order valence-electron chi connectivity index (χ0n) is 15.6. The van der Waals surface area contributed by atoms with Gasteiger partial charge in [0.2, 0.25) is 15.9 Å². The number of benzene rings is 1. The molecule has 28 heavy (non-hydrogen) atoms. The lowest BCUT2D eigenvalue weighted by Crippen LogP contribution is -2.27. The number of carbonyl (C=O) groups excluding carboxylic acids is 1. The Morgan fingerprint density at radius 2 is 2.04 bits per heavy atom. The van der Waals surface area contributed by atoms with E-state index in [9.17, 15) is 13.2 Å². The van der Waals surface area contributed by atoms with Crippen molar-refractivity contribution in [1.82, 2.24) is 14.6 Å². The minimum absolute atomic E-state index is 0.122. The maximum Gasteiger partial charge on any atom is 0.244 e. The molecule has 3 rings (SSSR count). The fourth-order valence-electron chi connectivity index (χ4n) is 2.86. The van der Waals surface area contributed by atoms with Crippen LogP contribution in [0.15, 0.2) is 52.5 Å². The average Bonchev–Trinajstić information content (AvgIpc) is 3.27. The molecule has 1 aliphatic rings. The first-order valence-corrected chi connectivity index (χ1v) is 11.4. The van der Waals surface area contributed by atoms with Gasteiger partial charge in [-0.15, -0.1) is 0 Å². The first-order chi connectivity index (χ1) is 13.5. The molecule has 1 aromatic heterocycles. The number of aromatic nitrogens is 1. The van der Waals surface area contributed by atoms with E-state index in [1.807, 2.05) is 24.3 Å². The molecule has 0 radical (unpaired) electrons. The van der Waals surface area contributed by atoms with Gasteiger partial charge in [-0.1, -0.05) is 23.9 Å². The van der Waals surface area contributed by atoms with Crippen molar-refractivity contribution < 1.29 is 17.9 Å². The molecule has 2 aromatic rings. The van der Waals surface area contributed by atoms with E-state index < -0.39 is 10.0 Å². The third-order valence-electron chi connectivity index (χ3n) is 4.39. The Bertz CT molecular complexity index is 911. The van der Waals surface area contributed by atoms with Crippen molar-refractivity contribution in [2.45, 2.75) is 29.3 Å².